The van der Waals surface area contributed by atoms with E-state index in [-0.39, 0.29) is 17.9 Å². The van der Waals surface area contributed by atoms with Gasteiger partial charge in [-0.05, 0) is 31.0 Å². The van der Waals surface area contributed by atoms with Gasteiger partial charge < -0.3 is 10.6 Å². The average Bonchev–Trinajstić information content (AvgIpc) is 3.21. The molecule has 2 amide bonds. The monoisotopic (exact) mass is 360 g/mol. The number of carbonyl (C=O) groups excluding carboxylic acids is 2. The van der Waals surface area contributed by atoms with Crippen molar-refractivity contribution in [3.63, 3.8) is 0 Å². The molecule has 1 aromatic carbocycles. The normalized spacial score (nSPS) is 14.2. The minimum atomic E-state index is -0.323. The van der Waals surface area contributed by atoms with E-state index in [1.807, 2.05) is 24.3 Å². The van der Waals surface area contributed by atoms with E-state index >= 15 is 0 Å². The standard InChI is InChI=1S/C21H20N4O2/c26-20(24-17-7-1-2-8-17)15-11-16(13-22-12-15)21(27)25-18-9-3-5-14-6-4-10-23-19(14)18/h3-6,9-13,17H,1-2,7-8H2,(H,24,26)(H,25,27). The molecule has 3 aromatic rings. The first-order valence-electron chi connectivity index (χ1n) is 9.12. The van der Waals surface area contributed by atoms with Gasteiger partial charge in [0.05, 0.1) is 22.3 Å². The van der Waals surface area contributed by atoms with E-state index in [0.29, 0.717) is 16.8 Å². The minimum Gasteiger partial charge on any atom is -0.349 e. The molecule has 1 fully saturated rings. The highest BCUT2D eigenvalue weighted by Gasteiger charge is 2.19. The van der Waals surface area contributed by atoms with Gasteiger partial charge in [0.15, 0.2) is 0 Å². The third-order valence-corrected chi connectivity index (χ3v) is 4.83. The van der Waals surface area contributed by atoms with Crippen molar-refractivity contribution in [3.8, 4) is 0 Å². The Morgan fingerprint density at radius 1 is 0.963 bits per heavy atom. The van der Waals surface area contributed by atoms with Crippen LogP contribution >= 0.6 is 0 Å². The lowest BCUT2D eigenvalue weighted by Crippen LogP contribution is -2.32. The second kappa shape index (κ2) is 7.53. The predicted molar refractivity (Wildman–Crippen MR) is 104 cm³/mol. The fourth-order valence-corrected chi connectivity index (χ4v) is 3.43. The largest absolute Gasteiger partial charge is 0.349 e. The molecule has 1 saturated carbocycles. The summed E-state index contributed by atoms with van der Waals surface area (Å²) < 4.78 is 0. The average molecular weight is 360 g/mol. The summed E-state index contributed by atoms with van der Waals surface area (Å²) in [6, 6.07) is 11.2. The van der Waals surface area contributed by atoms with Crippen LogP contribution in [0.2, 0.25) is 0 Å². The number of para-hydroxylation sites is 1. The van der Waals surface area contributed by atoms with Crippen LogP contribution in [0.25, 0.3) is 10.9 Å². The molecule has 2 aromatic heterocycles. The molecule has 0 atom stereocenters. The molecular weight excluding hydrogens is 340 g/mol. The van der Waals surface area contributed by atoms with Gasteiger partial charge >= 0.3 is 0 Å². The molecule has 0 aliphatic heterocycles. The number of rotatable bonds is 4. The molecule has 0 unspecified atom stereocenters. The summed E-state index contributed by atoms with van der Waals surface area (Å²) in [4.78, 5) is 33.5. The Morgan fingerprint density at radius 3 is 2.52 bits per heavy atom. The maximum atomic E-state index is 12.7. The van der Waals surface area contributed by atoms with Crippen LogP contribution in [-0.4, -0.2) is 27.8 Å². The van der Waals surface area contributed by atoms with E-state index < -0.39 is 0 Å². The number of pyridine rings is 2. The molecule has 136 valence electrons. The Morgan fingerprint density at radius 2 is 1.70 bits per heavy atom. The lowest BCUT2D eigenvalue weighted by molar-refractivity contribution is 0.0937. The first-order chi connectivity index (χ1) is 13.2. The van der Waals surface area contributed by atoms with Crippen LogP contribution in [0.15, 0.2) is 55.0 Å². The van der Waals surface area contributed by atoms with Crippen molar-refractivity contribution >= 4 is 28.4 Å². The Hall–Kier alpha value is -3.28. The minimum absolute atomic E-state index is 0.184. The van der Waals surface area contributed by atoms with E-state index in [2.05, 4.69) is 20.6 Å². The molecule has 0 bridgehead atoms. The summed E-state index contributed by atoms with van der Waals surface area (Å²) in [5.74, 6) is -0.507. The van der Waals surface area contributed by atoms with E-state index in [9.17, 15) is 9.59 Å². The summed E-state index contributed by atoms with van der Waals surface area (Å²) in [5.41, 5.74) is 2.07. The van der Waals surface area contributed by atoms with Crippen molar-refractivity contribution in [3.05, 3.63) is 66.1 Å². The van der Waals surface area contributed by atoms with Crippen LogP contribution < -0.4 is 10.6 Å². The van der Waals surface area contributed by atoms with Crippen LogP contribution in [0.5, 0.6) is 0 Å². The number of amides is 2. The fraction of sp³-hybridized carbons (Fsp3) is 0.238. The van der Waals surface area contributed by atoms with Gasteiger partial charge in [-0.1, -0.05) is 31.0 Å². The summed E-state index contributed by atoms with van der Waals surface area (Å²) in [6.45, 7) is 0. The van der Waals surface area contributed by atoms with Gasteiger partial charge in [0.1, 0.15) is 0 Å². The highest BCUT2D eigenvalue weighted by atomic mass is 16.2. The van der Waals surface area contributed by atoms with Gasteiger partial charge in [-0.15, -0.1) is 0 Å². The lowest BCUT2D eigenvalue weighted by Gasteiger charge is -2.12. The second-order valence-corrected chi connectivity index (χ2v) is 6.75. The van der Waals surface area contributed by atoms with Gasteiger partial charge in [0.2, 0.25) is 0 Å². The number of aromatic nitrogens is 2. The molecule has 0 spiro atoms. The molecule has 2 N–H and O–H groups in total. The summed E-state index contributed by atoms with van der Waals surface area (Å²) >= 11 is 0. The second-order valence-electron chi connectivity index (χ2n) is 6.75. The summed E-state index contributed by atoms with van der Waals surface area (Å²) in [6.07, 6.45) is 8.94. The van der Waals surface area contributed by atoms with Crippen molar-refractivity contribution in [1.82, 2.24) is 15.3 Å². The zero-order chi connectivity index (χ0) is 18.6. The van der Waals surface area contributed by atoms with Gasteiger partial charge in [0.25, 0.3) is 11.8 Å². The third-order valence-electron chi connectivity index (χ3n) is 4.83. The molecule has 4 rings (SSSR count). The number of benzene rings is 1. The van der Waals surface area contributed by atoms with Crippen LogP contribution in [0.1, 0.15) is 46.4 Å². The number of fused-ring (bicyclic) bond motifs is 1. The molecule has 1 aliphatic rings. The van der Waals surface area contributed by atoms with Gasteiger partial charge in [-0.3, -0.25) is 19.6 Å². The van der Waals surface area contributed by atoms with Gasteiger partial charge in [0, 0.05) is 30.0 Å². The number of hydrogen-bond acceptors (Lipinski definition) is 4. The number of hydrogen-bond donors (Lipinski definition) is 2. The highest BCUT2D eigenvalue weighted by molar-refractivity contribution is 6.09. The Bertz CT molecular complexity index is 991. The Balaban J connectivity index is 1.52. The maximum Gasteiger partial charge on any atom is 0.257 e. The van der Waals surface area contributed by atoms with E-state index in [0.717, 1.165) is 36.6 Å². The number of carbonyl (C=O) groups is 2. The van der Waals surface area contributed by atoms with E-state index in [1.165, 1.54) is 12.4 Å². The molecule has 6 heteroatoms. The first-order valence-corrected chi connectivity index (χ1v) is 9.12. The third kappa shape index (κ3) is 3.79. The molecular formula is C21H20N4O2. The van der Waals surface area contributed by atoms with Gasteiger partial charge in [-0.25, -0.2) is 0 Å². The predicted octanol–water partition coefficient (Wildman–Crippen LogP) is 3.55. The topological polar surface area (TPSA) is 84.0 Å². The van der Waals surface area contributed by atoms with Crippen LogP contribution in [0.3, 0.4) is 0 Å². The van der Waals surface area contributed by atoms with Crippen molar-refractivity contribution in [2.75, 3.05) is 5.32 Å². The molecule has 1 aliphatic carbocycles. The van der Waals surface area contributed by atoms with Crippen molar-refractivity contribution in [1.29, 1.82) is 0 Å². The number of nitrogens with zero attached hydrogens (tertiary/aromatic N) is 2. The van der Waals surface area contributed by atoms with Crippen molar-refractivity contribution < 1.29 is 9.59 Å². The maximum absolute atomic E-state index is 12.7. The van der Waals surface area contributed by atoms with E-state index in [4.69, 9.17) is 0 Å². The first kappa shape index (κ1) is 17.1. The fourth-order valence-electron chi connectivity index (χ4n) is 3.43. The Kier molecular flexibility index (Phi) is 4.78. The Labute approximate surface area is 157 Å². The smallest absolute Gasteiger partial charge is 0.257 e. The lowest BCUT2D eigenvalue weighted by atomic mass is 10.1. The molecule has 6 nitrogen and oxygen atoms in total. The van der Waals surface area contributed by atoms with Crippen LogP contribution in [-0.2, 0) is 0 Å². The van der Waals surface area contributed by atoms with Crippen LogP contribution in [0.4, 0.5) is 5.69 Å². The quantitative estimate of drug-likeness (QED) is 0.745. The molecule has 0 saturated heterocycles. The molecule has 27 heavy (non-hydrogen) atoms. The molecule has 2 heterocycles. The van der Waals surface area contributed by atoms with Gasteiger partial charge in [-0.2, -0.15) is 0 Å². The van der Waals surface area contributed by atoms with E-state index in [1.54, 1.807) is 18.3 Å². The summed E-state index contributed by atoms with van der Waals surface area (Å²) in [7, 11) is 0. The zero-order valence-corrected chi connectivity index (χ0v) is 14.8. The van der Waals surface area contributed by atoms with Crippen molar-refractivity contribution in [2.45, 2.75) is 31.7 Å². The number of nitrogens with one attached hydrogen (secondary N) is 2. The zero-order valence-electron chi connectivity index (χ0n) is 14.8. The highest BCUT2D eigenvalue weighted by Crippen LogP contribution is 2.21. The number of anilines is 1. The SMILES string of the molecule is O=C(Nc1cccc2cccnc12)c1cncc(C(=O)NC2CCCC2)c1. The van der Waals surface area contributed by atoms with Crippen LogP contribution in [0, 0.1) is 0 Å². The summed E-state index contributed by atoms with van der Waals surface area (Å²) in [5, 5.41) is 6.82. The molecule has 0 radical (unpaired) electrons. The van der Waals surface area contributed by atoms with Crippen molar-refractivity contribution in [2.24, 2.45) is 0 Å².